The number of rotatable bonds is 12. The summed E-state index contributed by atoms with van der Waals surface area (Å²) in [4.78, 5) is 24.1. The Morgan fingerprint density at radius 3 is 2.00 bits per heavy atom. The molecule has 29 heavy (non-hydrogen) atoms. The average molecular weight is 522 g/mol. The Labute approximate surface area is 188 Å². The van der Waals surface area contributed by atoms with E-state index in [0.717, 1.165) is 72.1 Å². The van der Waals surface area contributed by atoms with Gasteiger partial charge in [-0.3, -0.25) is 9.59 Å². The number of unbranched alkanes of at least 4 members (excludes halogenated alkanes) is 4. The number of hydrogen-bond acceptors (Lipinski definition) is 4. The van der Waals surface area contributed by atoms with Gasteiger partial charge >= 0.3 is 11.9 Å². The molecule has 0 atom stereocenters. The maximum absolute atomic E-state index is 12.2. The largest absolute Gasteiger partial charge is 0.465 e. The second-order valence-electron chi connectivity index (χ2n) is 8.77. The standard InChI is InChI=1S/C24H42IO4/c1-3-5-7-9-23(26)29-22-16-14-21(15-17-22)25-20-12-10-19(11-13-20)24(27)28-18-8-6-4-2/h19-22H,3-18H2,1-2H3/q+1. The third kappa shape index (κ3) is 10.0. The first-order valence-corrected chi connectivity index (χ1v) is 14.6. The Morgan fingerprint density at radius 1 is 0.793 bits per heavy atom. The summed E-state index contributed by atoms with van der Waals surface area (Å²) in [5.41, 5.74) is 0. The van der Waals surface area contributed by atoms with Crippen molar-refractivity contribution in [2.45, 2.75) is 124 Å². The van der Waals surface area contributed by atoms with Crippen molar-refractivity contribution >= 4 is 11.9 Å². The van der Waals surface area contributed by atoms with E-state index >= 15 is 0 Å². The molecule has 0 aromatic carbocycles. The van der Waals surface area contributed by atoms with Crippen molar-refractivity contribution in [2.24, 2.45) is 5.92 Å². The molecule has 168 valence electrons. The molecule has 0 spiro atoms. The zero-order valence-electron chi connectivity index (χ0n) is 18.6. The third-order valence-corrected chi connectivity index (χ3v) is 10.8. The van der Waals surface area contributed by atoms with Gasteiger partial charge in [0, 0.05) is 6.42 Å². The summed E-state index contributed by atoms with van der Waals surface area (Å²) in [6.07, 6.45) is 16.4. The van der Waals surface area contributed by atoms with Crippen LogP contribution in [0.3, 0.4) is 0 Å². The monoisotopic (exact) mass is 521 g/mol. The molecule has 0 amide bonds. The van der Waals surface area contributed by atoms with Crippen LogP contribution >= 0.6 is 0 Å². The molecule has 0 aromatic rings. The predicted molar refractivity (Wildman–Crippen MR) is 113 cm³/mol. The number of ether oxygens (including phenoxy) is 2. The zero-order chi connectivity index (χ0) is 20.9. The van der Waals surface area contributed by atoms with Gasteiger partial charge in [0.15, 0.2) is 7.85 Å². The van der Waals surface area contributed by atoms with Gasteiger partial charge in [0.2, 0.25) is 0 Å². The molecule has 0 aromatic heterocycles. The number of esters is 2. The van der Waals surface area contributed by atoms with Crippen LogP contribution in [0, 0.1) is 5.92 Å². The molecule has 0 N–H and O–H groups in total. The highest BCUT2D eigenvalue weighted by Gasteiger charge is 2.39. The fraction of sp³-hybridized carbons (Fsp3) is 0.917. The van der Waals surface area contributed by atoms with Crippen LogP contribution in [0.15, 0.2) is 0 Å². The molecule has 2 fully saturated rings. The van der Waals surface area contributed by atoms with E-state index < -0.39 is 0 Å². The zero-order valence-corrected chi connectivity index (χ0v) is 20.8. The number of carbonyl (C=O) groups is 2. The van der Waals surface area contributed by atoms with Crippen molar-refractivity contribution in [3.05, 3.63) is 0 Å². The SMILES string of the molecule is CCCCCOC(=O)C1CCC([I+]C2CCC(OC(=O)CCCCC)CC2)CC1. The Morgan fingerprint density at radius 2 is 1.38 bits per heavy atom. The summed E-state index contributed by atoms with van der Waals surface area (Å²) >= 11 is 0.181. The van der Waals surface area contributed by atoms with E-state index in [-0.39, 0.29) is 45.2 Å². The van der Waals surface area contributed by atoms with Crippen LogP contribution in [-0.2, 0) is 19.1 Å². The van der Waals surface area contributed by atoms with E-state index in [0.29, 0.717) is 13.0 Å². The minimum atomic E-state index is 0.0106. The smallest absolute Gasteiger partial charge is 0.308 e. The third-order valence-electron chi connectivity index (χ3n) is 6.22. The first-order valence-electron chi connectivity index (χ1n) is 12.1. The molecule has 2 aliphatic rings. The summed E-state index contributed by atoms with van der Waals surface area (Å²) < 4.78 is 12.9. The first-order chi connectivity index (χ1) is 14.1. The van der Waals surface area contributed by atoms with Gasteiger partial charge in [0.05, 0.1) is 12.5 Å². The summed E-state index contributed by atoms with van der Waals surface area (Å²) in [5.74, 6) is 0.218. The van der Waals surface area contributed by atoms with Gasteiger partial charge in [-0.25, -0.2) is 0 Å². The highest BCUT2D eigenvalue weighted by Crippen LogP contribution is 2.24. The van der Waals surface area contributed by atoms with E-state index in [9.17, 15) is 9.59 Å². The fourth-order valence-electron chi connectivity index (χ4n) is 4.34. The molecule has 5 heteroatoms. The van der Waals surface area contributed by atoms with Gasteiger partial charge in [-0.2, -0.15) is 0 Å². The number of carbonyl (C=O) groups excluding carboxylic acids is 2. The maximum Gasteiger partial charge on any atom is 0.308 e. The molecule has 0 saturated heterocycles. The van der Waals surface area contributed by atoms with Gasteiger partial charge in [0.25, 0.3) is 21.2 Å². The van der Waals surface area contributed by atoms with Crippen molar-refractivity contribution in [1.29, 1.82) is 0 Å². The van der Waals surface area contributed by atoms with E-state index in [4.69, 9.17) is 9.47 Å². The summed E-state index contributed by atoms with van der Waals surface area (Å²) in [7, 11) is 0. The van der Waals surface area contributed by atoms with Crippen LogP contribution in [0.5, 0.6) is 0 Å². The molecule has 0 radical (unpaired) electrons. The highest BCUT2D eigenvalue weighted by atomic mass is 127. The number of alkyl halides is 2. The van der Waals surface area contributed by atoms with Crippen molar-refractivity contribution in [1.82, 2.24) is 0 Å². The molecule has 0 aliphatic heterocycles. The van der Waals surface area contributed by atoms with E-state index in [1.165, 1.54) is 25.7 Å². The lowest BCUT2D eigenvalue weighted by molar-refractivity contribution is -0.726. The number of hydrogen-bond donors (Lipinski definition) is 0. The lowest BCUT2D eigenvalue weighted by Gasteiger charge is -2.26. The van der Waals surface area contributed by atoms with Gasteiger partial charge in [-0.1, -0.05) is 39.5 Å². The quantitative estimate of drug-likeness (QED) is 0.172. The Bertz CT molecular complexity index is 466. The summed E-state index contributed by atoms with van der Waals surface area (Å²) in [6, 6.07) is 0. The molecule has 0 unspecified atom stereocenters. The normalized spacial score (nSPS) is 27.4. The van der Waals surface area contributed by atoms with Gasteiger partial charge in [-0.05, 0) is 64.2 Å². The molecular weight excluding hydrogens is 479 g/mol. The van der Waals surface area contributed by atoms with Crippen molar-refractivity contribution in [3.63, 3.8) is 0 Å². The van der Waals surface area contributed by atoms with Crippen LogP contribution in [0.25, 0.3) is 0 Å². The van der Waals surface area contributed by atoms with Crippen LogP contribution < -0.4 is 21.2 Å². The fourth-order valence-corrected chi connectivity index (χ4v) is 8.65. The molecule has 0 heterocycles. The molecule has 4 nitrogen and oxygen atoms in total. The average Bonchev–Trinajstić information content (AvgIpc) is 2.73. The molecule has 2 saturated carbocycles. The van der Waals surface area contributed by atoms with Gasteiger partial charge in [-0.15, -0.1) is 0 Å². The minimum Gasteiger partial charge on any atom is -0.465 e. The van der Waals surface area contributed by atoms with Crippen LogP contribution in [-0.4, -0.2) is 32.5 Å². The summed E-state index contributed by atoms with van der Waals surface area (Å²) in [5, 5.41) is 0. The molecule has 0 bridgehead atoms. The van der Waals surface area contributed by atoms with E-state index in [1.807, 2.05) is 0 Å². The van der Waals surface area contributed by atoms with Crippen molar-refractivity contribution in [2.75, 3.05) is 6.61 Å². The van der Waals surface area contributed by atoms with Crippen LogP contribution in [0.2, 0.25) is 0 Å². The Balaban J connectivity index is 1.56. The minimum absolute atomic E-state index is 0.0106. The predicted octanol–water partition coefficient (Wildman–Crippen LogP) is 2.80. The Hall–Kier alpha value is -0.330. The summed E-state index contributed by atoms with van der Waals surface area (Å²) in [6.45, 7) is 4.92. The maximum atomic E-state index is 12.2. The van der Waals surface area contributed by atoms with E-state index in [2.05, 4.69) is 13.8 Å². The highest BCUT2D eigenvalue weighted by molar-refractivity contribution is 5.72. The molecule has 2 aliphatic carbocycles. The second-order valence-corrected chi connectivity index (χ2v) is 13.0. The van der Waals surface area contributed by atoms with Crippen LogP contribution in [0.4, 0.5) is 0 Å². The Kier molecular flexibility index (Phi) is 12.6. The van der Waals surface area contributed by atoms with Crippen LogP contribution in [0.1, 0.15) is 110 Å². The number of halogens is 1. The second kappa shape index (κ2) is 14.6. The molecular formula is C24H42IO4+. The van der Waals surface area contributed by atoms with Gasteiger partial charge in [0.1, 0.15) is 6.10 Å². The van der Waals surface area contributed by atoms with Crippen molar-refractivity contribution in [3.8, 4) is 0 Å². The van der Waals surface area contributed by atoms with E-state index in [1.54, 1.807) is 0 Å². The van der Waals surface area contributed by atoms with Gasteiger partial charge < -0.3 is 9.47 Å². The lowest BCUT2D eigenvalue weighted by atomic mass is 9.89. The molecule has 2 rings (SSSR count). The first kappa shape index (κ1) is 24.9. The lowest BCUT2D eigenvalue weighted by Crippen LogP contribution is -3.68. The van der Waals surface area contributed by atoms with Crippen molar-refractivity contribution < 1.29 is 40.3 Å². The topological polar surface area (TPSA) is 52.6 Å².